The molecule has 6 nitrogen and oxygen atoms in total. The molecule has 1 fully saturated rings. The Bertz CT molecular complexity index is 1160. The zero-order valence-electron chi connectivity index (χ0n) is 16.4. The van der Waals surface area contributed by atoms with Crippen LogP contribution in [-0.2, 0) is 4.79 Å². The Morgan fingerprint density at radius 2 is 1.68 bits per heavy atom. The van der Waals surface area contributed by atoms with E-state index in [0.717, 1.165) is 6.07 Å². The van der Waals surface area contributed by atoms with Gasteiger partial charge in [0, 0.05) is 25.1 Å². The van der Waals surface area contributed by atoms with Crippen molar-refractivity contribution in [2.45, 2.75) is 12.8 Å². The molecular formula is C22H19ClF2N4O2. The molecular weight excluding hydrogens is 426 g/mol. The minimum absolute atomic E-state index is 0.151. The van der Waals surface area contributed by atoms with Crippen LogP contribution in [0.3, 0.4) is 0 Å². The Hall–Kier alpha value is -3.26. The number of nitrogens with one attached hydrogen (secondary N) is 1. The van der Waals surface area contributed by atoms with Gasteiger partial charge in [0.15, 0.2) is 0 Å². The Morgan fingerprint density at radius 1 is 1.00 bits per heavy atom. The second-order valence-electron chi connectivity index (χ2n) is 7.29. The summed E-state index contributed by atoms with van der Waals surface area (Å²) in [5, 5.41) is 7.32. The molecule has 4 rings (SSSR count). The number of halogens is 3. The van der Waals surface area contributed by atoms with E-state index in [0.29, 0.717) is 43.1 Å². The molecule has 0 spiro atoms. The second-order valence-corrected chi connectivity index (χ2v) is 7.70. The number of benzene rings is 2. The molecule has 0 aliphatic carbocycles. The highest BCUT2D eigenvalue weighted by atomic mass is 35.5. The molecule has 1 N–H and O–H groups in total. The van der Waals surface area contributed by atoms with Gasteiger partial charge in [-0.3, -0.25) is 9.59 Å². The maximum atomic E-state index is 13.2. The zero-order valence-corrected chi connectivity index (χ0v) is 17.1. The molecule has 2 heterocycles. The Labute approximate surface area is 182 Å². The van der Waals surface area contributed by atoms with Gasteiger partial charge in [-0.1, -0.05) is 11.6 Å². The van der Waals surface area contributed by atoms with E-state index in [1.165, 1.54) is 47.1 Å². The van der Waals surface area contributed by atoms with Gasteiger partial charge in [-0.25, -0.2) is 8.78 Å². The fraction of sp³-hybridized carbons (Fsp3) is 0.227. The fourth-order valence-electron chi connectivity index (χ4n) is 3.53. The van der Waals surface area contributed by atoms with Crippen molar-refractivity contribution >= 4 is 29.0 Å². The monoisotopic (exact) mass is 444 g/mol. The van der Waals surface area contributed by atoms with E-state index >= 15 is 0 Å². The van der Waals surface area contributed by atoms with Gasteiger partial charge < -0.3 is 10.2 Å². The number of anilines is 2. The van der Waals surface area contributed by atoms with Crippen LogP contribution in [-0.4, -0.2) is 28.8 Å². The van der Waals surface area contributed by atoms with E-state index in [2.05, 4.69) is 10.4 Å². The van der Waals surface area contributed by atoms with Crippen LogP contribution >= 0.6 is 11.6 Å². The van der Waals surface area contributed by atoms with Gasteiger partial charge in [-0.05, 0) is 61.4 Å². The van der Waals surface area contributed by atoms with Crippen molar-refractivity contribution in [2.75, 3.05) is 23.3 Å². The molecule has 1 amide bonds. The molecule has 1 aromatic heterocycles. The molecule has 0 saturated carbocycles. The predicted molar refractivity (Wildman–Crippen MR) is 115 cm³/mol. The molecule has 0 atom stereocenters. The Morgan fingerprint density at radius 3 is 2.35 bits per heavy atom. The van der Waals surface area contributed by atoms with E-state index in [1.807, 2.05) is 4.90 Å². The van der Waals surface area contributed by atoms with Gasteiger partial charge in [-0.15, -0.1) is 5.10 Å². The summed E-state index contributed by atoms with van der Waals surface area (Å²) in [6.45, 7) is 1.15. The highest BCUT2D eigenvalue weighted by Gasteiger charge is 2.26. The van der Waals surface area contributed by atoms with Crippen molar-refractivity contribution in [2.24, 2.45) is 5.92 Å². The lowest BCUT2D eigenvalue weighted by Gasteiger charge is -2.32. The first-order valence-electron chi connectivity index (χ1n) is 9.78. The van der Waals surface area contributed by atoms with E-state index in [1.54, 1.807) is 6.07 Å². The van der Waals surface area contributed by atoms with Gasteiger partial charge in [0.25, 0.3) is 5.56 Å². The van der Waals surface area contributed by atoms with Crippen LogP contribution in [0.5, 0.6) is 0 Å². The number of hydrogen-bond acceptors (Lipinski definition) is 4. The smallest absolute Gasteiger partial charge is 0.271 e. The second kappa shape index (κ2) is 8.85. The number of carbonyl (C=O) groups excluding carboxylic acids is 1. The number of amides is 1. The highest BCUT2D eigenvalue weighted by molar-refractivity contribution is 6.33. The summed E-state index contributed by atoms with van der Waals surface area (Å²) < 4.78 is 27.6. The largest absolute Gasteiger partial charge is 0.355 e. The molecule has 0 bridgehead atoms. The zero-order chi connectivity index (χ0) is 22.0. The lowest BCUT2D eigenvalue weighted by molar-refractivity contribution is -0.120. The first-order chi connectivity index (χ1) is 14.9. The lowest BCUT2D eigenvalue weighted by Crippen LogP contribution is -2.39. The van der Waals surface area contributed by atoms with Gasteiger partial charge in [0.05, 0.1) is 16.4 Å². The maximum Gasteiger partial charge on any atom is 0.271 e. The van der Waals surface area contributed by atoms with Crippen molar-refractivity contribution < 1.29 is 13.6 Å². The highest BCUT2D eigenvalue weighted by Crippen LogP contribution is 2.26. The first-order valence-corrected chi connectivity index (χ1v) is 10.2. The number of rotatable bonds is 4. The molecule has 31 heavy (non-hydrogen) atoms. The predicted octanol–water partition coefficient (Wildman–Crippen LogP) is 4.02. The molecule has 0 radical (unpaired) electrons. The van der Waals surface area contributed by atoms with Crippen molar-refractivity contribution in [3.8, 4) is 5.69 Å². The van der Waals surface area contributed by atoms with Crippen LogP contribution in [0, 0.1) is 17.6 Å². The van der Waals surface area contributed by atoms with Gasteiger partial charge in [0.1, 0.15) is 17.5 Å². The Kier molecular flexibility index (Phi) is 5.99. The third-order valence-corrected chi connectivity index (χ3v) is 5.55. The summed E-state index contributed by atoms with van der Waals surface area (Å²) in [5.41, 5.74) is 0.531. The summed E-state index contributed by atoms with van der Waals surface area (Å²) in [7, 11) is 0. The fourth-order valence-corrected chi connectivity index (χ4v) is 3.75. The molecule has 3 aromatic rings. The summed E-state index contributed by atoms with van der Waals surface area (Å²) in [4.78, 5) is 26.8. The topological polar surface area (TPSA) is 67.2 Å². The van der Waals surface area contributed by atoms with Gasteiger partial charge in [-0.2, -0.15) is 4.68 Å². The van der Waals surface area contributed by atoms with Crippen LogP contribution in [0.2, 0.25) is 5.02 Å². The summed E-state index contributed by atoms with van der Waals surface area (Å²) >= 11 is 5.98. The minimum atomic E-state index is -0.467. The van der Waals surface area contributed by atoms with Crippen LogP contribution in [0.15, 0.2) is 59.4 Å². The van der Waals surface area contributed by atoms with E-state index < -0.39 is 11.6 Å². The lowest BCUT2D eigenvalue weighted by atomic mass is 9.96. The molecule has 1 aliphatic rings. The van der Waals surface area contributed by atoms with Crippen molar-refractivity contribution in [1.82, 2.24) is 9.78 Å². The summed E-state index contributed by atoms with van der Waals surface area (Å²) in [6.07, 6.45) is 1.17. The standard InChI is InChI=1S/C22H19ClF2N4O2/c23-18-13-16(25)3-6-19(18)26-22(31)14-9-11-28(12-10-14)20-7-8-21(30)29(27-20)17-4-1-15(24)2-5-17/h1-8,13-14H,9-12H2,(H,26,31). The van der Waals surface area contributed by atoms with Crippen molar-refractivity contribution in [3.63, 3.8) is 0 Å². The average Bonchev–Trinajstić information content (AvgIpc) is 2.77. The summed E-state index contributed by atoms with van der Waals surface area (Å²) in [6, 6.07) is 12.4. The molecule has 160 valence electrons. The molecule has 9 heteroatoms. The number of nitrogens with zero attached hydrogens (tertiary/aromatic N) is 3. The van der Waals surface area contributed by atoms with Crippen molar-refractivity contribution in [3.05, 3.63) is 81.6 Å². The average molecular weight is 445 g/mol. The number of piperidine rings is 1. The van der Waals surface area contributed by atoms with E-state index in [-0.39, 0.29) is 22.4 Å². The van der Waals surface area contributed by atoms with Crippen LogP contribution < -0.4 is 15.8 Å². The molecule has 0 unspecified atom stereocenters. The maximum absolute atomic E-state index is 13.2. The van der Waals surface area contributed by atoms with E-state index in [4.69, 9.17) is 11.6 Å². The first kappa shape index (κ1) is 21.0. The molecule has 2 aromatic carbocycles. The normalized spacial score (nSPS) is 14.5. The minimum Gasteiger partial charge on any atom is -0.355 e. The van der Waals surface area contributed by atoms with Gasteiger partial charge in [0.2, 0.25) is 5.91 Å². The third kappa shape index (κ3) is 4.74. The molecule has 1 saturated heterocycles. The van der Waals surface area contributed by atoms with Crippen LogP contribution in [0.25, 0.3) is 5.69 Å². The van der Waals surface area contributed by atoms with Crippen LogP contribution in [0.4, 0.5) is 20.3 Å². The SMILES string of the molecule is O=C(Nc1ccc(F)cc1Cl)C1CCN(c2ccc(=O)n(-c3ccc(F)cc3)n2)CC1. The van der Waals surface area contributed by atoms with Crippen molar-refractivity contribution in [1.29, 1.82) is 0 Å². The Balaban J connectivity index is 1.43. The third-order valence-electron chi connectivity index (χ3n) is 5.24. The van der Waals surface area contributed by atoms with E-state index in [9.17, 15) is 18.4 Å². The number of carbonyl (C=O) groups is 1. The summed E-state index contributed by atoms with van der Waals surface area (Å²) in [5.74, 6) is -0.650. The molecule has 1 aliphatic heterocycles. The van der Waals surface area contributed by atoms with Crippen LogP contribution in [0.1, 0.15) is 12.8 Å². The number of aromatic nitrogens is 2. The number of hydrogen-bond donors (Lipinski definition) is 1. The van der Waals surface area contributed by atoms with Gasteiger partial charge >= 0.3 is 0 Å². The quantitative estimate of drug-likeness (QED) is 0.660.